The largest absolute Gasteiger partial charge is 0.348 e. The molecule has 6 heteroatoms. The van der Waals surface area contributed by atoms with E-state index >= 15 is 0 Å². The predicted molar refractivity (Wildman–Crippen MR) is 117 cm³/mol. The Bertz CT molecular complexity index is 1060. The summed E-state index contributed by atoms with van der Waals surface area (Å²) in [7, 11) is 0. The summed E-state index contributed by atoms with van der Waals surface area (Å²) in [6.07, 6.45) is 5.87. The first-order chi connectivity index (χ1) is 14.3. The van der Waals surface area contributed by atoms with Crippen LogP contribution in [0.2, 0.25) is 5.02 Å². The van der Waals surface area contributed by atoms with Gasteiger partial charge in [-0.3, -0.25) is 0 Å². The smallest absolute Gasteiger partial charge is 0.203 e. The maximum Gasteiger partial charge on any atom is 0.203 e. The first-order valence-electron chi connectivity index (χ1n) is 9.92. The lowest BCUT2D eigenvalue weighted by atomic mass is 9.94. The molecular weight excluding hydrogens is 382 g/mol. The molecule has 146 valence electrons. The third-order valence-electron chi connectivity index (χ3n) is 5.63. The number of nitrogens with one attached hydrogen (secondary N) is 2. The fraction of sp³-hybridized carbons (Fsp3) is 0.217. The monoisotopic (exact) mass is 403 g/mol. The zero-order chi connectivity index (χ0) is 19.6. The Labute approximate surface area is 174 Å². The van der Waals surface area contributed by atoms with E-state index in [-0.39, 0.29) is 0 Å². The van der Waals surface area contributed by atoms with Crippen LogP contribution in [-0.2, 0) is 0 Å². The van der Waals surface area contributed by atoms with Crippen molar-refractivity contribution in [2.24, 2.45) is 0 Å². The summed E-state index contributed by atoms with van der Waals surface area (Å²) < 4.78 is 0. The van der Waals surface area contributed by atoms with Crippen molar-refractivity contribution in [3.8, 4) is 22.5 Å². The van der Waals surface area contributed by atoms with Crippen molar-refractivity contribution >= 4 is 17.5 Å². The van der Waals surface area contributed by atoms with E-state index in [1.165, 1.54) is 5.69 Å². The molecule has 0 aliphatic carbocycles. The molecule has 4 aromatic rings. The van der Waals surface area contributed by atoms with E-state index in [2.05, 4.69) is 32.0 Å². The minimum absolute atomic E-state index is 0.535. The Morgan fingerprint density at radius 1 is 0.931 bits per heavy atom. The van der Waals surface area contributed by atoms with Gasteiger partial charge in [0, 0.05) is 47.0 Å². The van der Waals surface area contributed by atoms with Gasteiger partial charge >= 0.3 is 0 Å². The summed E-state index contributed by atoms with van der Waals surface area (Å²) in [5.41, 5.74) is 5.42. The SMILES string of the molecule is Clc1ccc(-c2[nH]c(N3CCC(c4cnc[nH]4)CC3)nc2-c2ccccc2)cc1. The molecule has 1 fully saturated rings. The Hall–Kier alpha value is -3.05. The van der Waals surface area contributed by atoms with Crippen LogP contribution in [0.1, 0.15) is 24.5 Å². The molecule has 0 amide bonds. The molecule has 0 spiro atoms. The summed E-state index contributed by atoms with van der Waals surface area (Å²) in [5.74, 6) is 1.46. The zero-order valence-electron chi connectivity index (χ0n) is 16.0. The molecule has 1 aliphatic heterocycles. The molecule has 2 aromatic carbocycles. The second-order valence-electron chi connectivity index (χ2n) is 7.43. The lowest BCUT2D eigenvalue weighted by Crippen LogP contribution is -2.33. The Balaban J connectivity index is 1.46. The number of benzene rings is 2. The van der Waals surface area contributed by atoms with E-state index < -0.39 is 0 Å². The Morgan fingerprint density at radius 3 is 2.38 bits per heavy atom. The maximum absolute atomic E-state index is 6.10. The van der Waals surface area contributed by atoms with Crippen LogP contribution >= 0.6 is 11.6 Å². The van der Waals surface area contributed by atoms with E-state index in [0.717, 1.165) is 59.4 Å². The van der Waals surface area contributed by atoms with Crippen molar-refractivity contribution in [1.29, 1.82) is 0 Å². The number of imidazole rings is 2. The van der Waals surface area contributed by atoms with Crippen molar-refractivity contribution in [3.63, 3.8) is 0 Å². The van der Waals surface area contributed by atoms with E-state index in [4.69, 9.17) is 16.6 Å². The molecule has 0 atom stereocenters. The van der Waals surface area contributed by atoms with Gasteiger partial charge in [-0.2, -0.15) is 0 Å². The first kappa shape index (κ1) is 18.0. The van der Waals surface area contributed by atoms with E-state index in [0.29, 0.717) is 5.92 Å². The summed E-state index contributed by atoms with van der Waals surface area (Å²) in [6.45, 7) is 1.93. The normalized spacial score (nSPS) is 15.0. The van der Waals surface area contributed by atoms with E-state index in [9.17, 15) is 0 Å². The van der Waals surface area contributed by atoms with Gasteiger partial charge in [-0.1, -0.05) is 54.1 Å². The highest BCUT2D eigenvalue weighted by atomic mass is 35.5. The average molecular weight is 404 g/mol. The second kappa shape index (κ2) is 7.76. The Kier molecular flexibility index (Phi) is 4.82. The molecule has 29 heavy (non-hydrogen) atoms. The van der Waals surface area contributed by atoms with Gasteiger partial charge in [0.05, 0.1) is 17.7 Å². The molecule has 3 heterocycles. The van der Waals surface area contributed by atoms with Gasteiger partial charge in [-0.25, -0.2) is 9.97 Å². The minimum atomic E-state index is 0.535. The topological polar surface area (TPSA) is 60.6 Å². The molecule has 0 radical (unpaired) electrons. The summed E-state index contributed by atoms with van der Waals surface area (Å²) >= 11 is 6.10. The molecule has 0 bridgehead atoms. The highest BCUT2D eigenvalue weighted by molar-refractivity contribution is 6.30. The number of anilines is 1. The summed E-state index contributed by atoms with van der Waals surface area (Å²) in [5, 5.41) is 0.732. The highest BCUT2D eigenvalue weighted by Crippen LogP contribution is 2.35. The lowest BCUT2D eigenvalue weighted by Gasteiger charge is -2.31. The van der Waals surface area contributed by atoms with E-state index in [1.807, 2.05) is 48.7 Å². The van der Waals surface area contributed by atoms with Crippen LogP contribution in [0, 0.1) is 0 Å². The van der Waals surface area contributed by atoms with Gasteiger partial charge in [-0.15, -0.1) is 0 Å². The quantitative estimate of drug-likeness (QED) is 0.472. The number of hydrogen-bond acceptors (Lipinski definition) is 3. The molecule has 2 N–H and O–H groups in total. The van der Waals surface area contributed by atoms with Gasteiger partial charge in [0.15, 0.2) is 0 Å². The number of aromatic amines is 2. The van der Waals surface area contributed by atoms with Crippen molar-refractivity contribution in [2.45, 2.75) is 18.8 Å². The third-order valence-corrected chi connectivity index (χ3v) is 5.88. The third kappa shape index (κ3) is 3.66. The molecular formula is C23H22ClN5. The minimum Gasteiger partial charge on any atom is -0.348 e. The number of nitrogens with zero attached hydrogens (tertiary/aromatic N) is 3. The van der Waals surface area contributed by atoms with Crippen molar-refractivity contribution in [3.05, 3.63) is 77.8 Å². The lowest BCUT2D eigenvalue weighted by molar-refractivity contribution is 0.493. The summed E-state index contributed by atoms with van der Waals surface area (Å²) in [6, 6.07) is 18.2. The van der Waals surface area contributed by atoms with Crippen molar-refractivity contribution in [1.82, 2.24) is 19.9 Å². The van der Waals surface area contributed by atoms with Crippen LogP contribution in [0.5, 0.6) is 0 Å². The fourth-order valence-electron chi connectivity index (χ4n) is 4.03. The van der Waals surface area contributed by atoms with E-state index in [1.54, 1.807) is 6.33 Å². The molecule has 0 saturated carbocycles. The average Bonchev–Trinajstić information content (AvgIpc) is 3.46. The van der Waals surface area contributed by atoms with Crippen molar-refractivity contribution in [2.75, 3.05) is 18.0 Å². The molecule has 2 aromatic heterocycles. The van der Waals surface area contributed by atoms with Crippen molar-refractivity contribution < 1.29 is 0 Å². The van der Waals surface area contributed by atoms with Crippen LogP contribution in [0.3, 0.4) is 0 Å². The number of rotatable bonds is 4. The zero-order valence-corrected chi connectivity index (χ0v) is 16.7. The maximum atomic E-state index is 6.10. The van der Waals surface area contributed by atoms with Crippen LogP contribution < -0.4 is 4.90 Å². The van der Waals surface area contributed by atoms with Crippen LogP contribution in [0.15, 0.2) is 67.1 Å². The van der Waals surface area contributed by atoms with Crippen LogP contribution in [0.4, 0.5) is 5.95 Å². The number of hydrogen-bond donors (Lipinski definition) is 2. The highest BCUT2D eigenvalue weighted by Gasteiger charge is 2.25. The fourth-order valence-corrected chi connectivity index (χ4v) is 4.16. The first-order valence-corrected chi connectivity index (χ1v) is 10.3. The molecule has 0 unspecified atom stereocenters. The van der Waals surface area contributed by atoms with Gasteiger partial charge in [0.1, 0.15) is 0 Å². The second-order valence-corrected chi connectivity index (χ2v) is 7.86. The number of piperidine rings is 1. The molecule has 5 nitrogen and oxygen atoms in total. The van der Waals surface area contributed by atoms with Gasteiger partial charge < -0.3 is 14.9 Å². The molecule has 5 rings (SSSR count). The van der Waals surface area contributed by atoms with Gasteiger partial charge in [0.25, 0.3) is 0 Å². The van der Waals surface area contributed by atoms with Crippen LogP contribution in [0.25, 0.3) is 22.5 Å². The Morgan fingerprint density at radius 2 is 1.69 bits per heavy atom. The number of H-pyrrole nitrogens is 2. The molecule has 1 aliphatic rings. The van der Waals surface area contributed by atoms with Gasteiger partial charge in [0.2, 0.25) is 5.95 Å². The number of halogens is 1. The summed E-state index contributed by atoms with van der Waals surface area (Å²) in [4.78, 5) is 18.4. The number of aromatic nitrogens is 4. The predicted octanol–water partition coefficient (Wildman–Crippen LogP) is 5.50. The standard InChI is InChI=1S/C23H22ClN5/c24-19-8-6-18(7-9-19)22-21(17-4-2-1-3-5-17)27-23(28-22)29-12-10-16(11-13-29)20-14-25-15-26-20/h1-9,14-16H,10-13H2,(H,25,26)(H,27,28). The van der Waals surface area contributed by atoms with Crippen LogP contribution in [-0.4, -0.2) is 33.0 Å². The van der Waals surface area contributed by atoms with Gasteiger partial charge in [-0.05, 0) is 25.0 Å². The molecule has 1 saturated heterocycles.